The highest BCUT2D eigenvalue weighted by molar-refractivity contribution is 7.99. The van der Waals surface area contributed by atoms with E-state index in [1.807, 2.05) is 4.57 Å². The van der Waals surface area contributed by atoms with E-state index in [0.717, 1.165) is 9.92 Å². The van der Waals surface area contributed by atoms with Gasteiger partial charge in [-0.2, -0.15) is 5.26 Å². The van der Waals surface area contributed by atoms with Crippen LogP contribution in [0.15, 0.2) is 40.3 Å². The summed E-state index contributed by atoms with van der Waals surface area (Å²) in [5.74, 6) is 0. The van der Waals surface area contributed by atoms with Gasteiger partial charge in [-0.1, -0.05) is 29.5 Å². The minimum atomic E-state index is 0.546. The molecule has 4 nitrogen and oxygen atoms in total. The van der Waals surface area contributed by atoms with E-state index in [1.165, 1.54) is 5.56 Å². The summed E-state index contributed by atoms with van der Waals surface area (Å²) in [4.78, 5) is 1.10. The Hall–Kier alpha value is -1.90. The molecule has 0 aliphatic heterocycles. The third-order valence-corrected chi connectivity index (χ3v) is 4.10. The SMILES string of the molecule is COCCn1c(C#N)cc(N)c1Sc1ccc(C)cc1. The van der Waals surface area contributed by atoms with Gasteiger partial charge in [-0.15, -0.1) is 0 Å². The van der Waals surface area contributed by atoms with E-state index in [9.17, 15) is 5.26 Å². The first-order valence-electron chi connectivity index (χ1n) is 6.28. The highest BCUT2D eigenvalue weighted by atomic mass is 32.2. The number of aryl methyl sites for hydroxylation is 1. The predicted octanol–water partition coefficient (Wildman–Crippen LogP) is 3.05. The first kappa shape index (κ1) is 14.5. The molecule has 0 aliphatic carbocycles. The number of benzene rings is 1. The summed E-state index contributed by atoms with van der Waals surface area (Å²) in [5.41, 5.74) is 8.44. The molecule has 20 heavy (non-hydrogen) atoms. The number of hydrogen-bond donors (Lipinski definition) is 1. The van der Waals surface area contributed by atoms with Gasteiger partial charge >= 0.3 is 0 Å². The fourth-order valence-corrected chi connectivity index (χ4v) is 2.85. The van der Waals surface area contributed by atoms with Crippen LogP contribution in [0.2, 0.25) is 0 Å². The van der Waals surface area contributed by atoms with Gasteiger partial charge < -0.3 is 15.0 Å². The first-order valence-corrected chi connectivity index (χ1v) is 7.10. The number of anilines is 1. The second kappa shape index (κ2) is 6.51. The summed E-state index contributed by atoms with van der Waals surface area (Å²) in [6.07, 6.45) is 0. The van der Waals surface area contributed by atoms with Crippen LogP contribution in [0.1, 0.15) is 11.3 Å². The van der Waals surface area contributed by atoms with Crippen molar-refractivity contribution in [3.8, 4) is 6.07 Å². The first-order chi connectivity index (χ1) is 9.65. The molecule has 2 rings (SSSR count). The van der Waals surface area contributed by atoms with Crippen molar-refractivity contribution >= 4 is 17.4 Å². The molecular formula is C15H17N3OS. The molecule has 1 heterocycles. The topological polar surface area (TPSA) is 64.0 Å². The Bertz CT molecular complexity index is 626. The lowest BCUT2D eigenvalue weighted by Crippen LogP contribution is -2.07. The Labute approximate surface area is 123 Å². The van der Waals surface area contributed by atoms with Gasteiger partial charge in [-0.3, -0.25) is 0 Å². The number of nitriles is 1. The Morgan fingerprint density at radius 2 is 2.05 bits per heavy atom. The molecule has 0 fully saturated rings. The van der Waals surface area contributed by atoms with E-state index in [-0.39, 0.29) is 0 Å². The standard InChI is InChI=1S/C15H17N3OS/c1-11-3-5-13(6-4-11)20-15-14(17)9-12(10-16)18(15)7-8-19-2/h3-6,9H,7-8,17H2,1-2H3. The Kier molecular flexibility index (Phi) is 4.72. The molecule has 1 aromatic carbocycles. The maximum absolute atomic E-state index is 9.18. The number of aromatic nitrogens is 1. The van der Waals surface area contributed by atoms with Crippen LogP contribution in [0, 0.1) is 18.3 Å². The van der Waals surface area contributed by atoms with Gasteiger partial charge in [-0.05, 0) is 25.1 Å². The zero-order valence-corrected chi connectivity index (χ0v) is 12.4. The number of methoxy groups -OCH3 is 1. The van der Waals surface area contributed by atoms with Gasteiger partial charge in [0.25, 0.3) is 0 Å². The average Bonchev–Trinajstić information content (AvgIpc) is 2.75. The van der Waals surface area contributed by atoms with E-state index in [2.05, 4.69) is 37.3 Å². The lowest BCUT2D eigenvalue weighted by atomic mass is 10.2. The minimum absolute atomic E-state index is 0.546. The molecule has 104 valence electrons. The zero-order valence-electron chi connectivity index (χ0n) is 11.6. The van der Waals surface area contributed by atoms with Gasteiger partial charge in [0.2, 0.25) is 0 Å². The second-order valence-electron chi connectivity index (χ2n) is 4.46. The third-order valence-electron chi connectivity index (χ3n) is 2.94. The molecule has 0 bridgehead atoms. The molecule has 2 N–H and O–H groups in total. The number of nitrogens with two attached hydrogens (primary N) is 1. The van der Waals surface area contributed by atoms with Gasteiger partial charge in [-0.25, -0.2) is 0 Å². The molecule has 0 amide bonds. The maximum Gasteiger partial charge on any atom is 0.123 e. The van der Waals surface area contributed by atoms with Crippen molar-refractivity contribution in [1.82, 2.24) is 4.57 Å². The molecule has 0 atom stereocenters. The van der Waals surface area contributed by atoms with Crippen LogP contribution < -0.4 is 5.73 Å². The summed E-state index contributed by atoms with van der Waals surface area (Å²) in [6, 6.07) is 12.1. The molecule has 0 saturated heterocycles. The van der Waals surface area contributed by atoms with Crippen molar-refractivity contribution in [2.24, 2.45) is 0 Å². The molecule has 0 spiro atoms. The van der Waals surface area contributed by atoms with Crippen molar-refractivity contribution in [1.29, 1.82) is 5.26 Å². The fourth-order valence-electron chi connectivity index (χ4n) is 1.88. The van der Waals surface area contributed by atoms with Crippen LogP contribution in [-0.4, -0.2) is 18.3 Å². The van der Waals surface area contributed by atoms with Crippen LogP contribution in [0.4, 0.5) is 5.69 Å². The third kappa shape index (κ3) is 3.16. The predicted molar refractivity (Wildman–Crippen MR) is 80.7 cm³/mol. The molecule has 2 aromatic rings. The quantitative estimate of drug-likeness (QED) is 0.918. The fraction of sp³-hybridized carbons (Fsp3) is 0.267. The van der Waals surface area contributed by atoms with Crippen LogP contribution in [0.25, 0.3) is 0 Å². The molecule has 0 aliphatic rings. The Balaban J connectivity index is 2.32. The largest absolute Gasteiger partial charge is 0.397 e. The molecular weight excluding hydrogens is 270 g/mol. The summed E-state index contributed by atoms with van der Waals surface area (Å²) in [5, 5.41) is 10.1. The van der Waals surface area contributed by atoms with Crippen molar-refractivity contribution in [2.45, 2.75) is 23.4 Å². The van der Waals surface area contributed by atoms with Crippen molar-refractivity contribution in [3.05, 3.63) is 41.6 Å². The smallest absolute Gasteiger partial charge is 0.123 e. The molecule has 0 radical (unpaired) electrons. The van der Waals surface area contributed by atoms with Crippen LogP contribution >= 0.6 is 11.8 Å². The number of ether oxygens (including phenoxy) is 1. The number of nitrogen functional groups attached to an aromatic ring is 1. The van der Waals surface area contributed by atoms with E-state index < -0.39 is 0 Å². The van der Waals surface area contributed by atoms with Crippen molar-refractivity contribution in [2.75, 3.05) is 19.5 Å². The van der Waals surface area contributed by atoms with Gasteiger partial charge in [0.1, 0.15) is 16.8 Å². The normalized spacial score (nSPS) is 10.4. The minimum Gasteiger partial charge on any atom is -0.397 e. The highest BCUT2D eigenvalue weighted by Crippen LogP contribution is 2.34. The molecule has 0 unspecified atom stereocenters. The van der Waals surface area contributed by atoms with Crippen LogP contribution in [-0.2, 0) is 11.3 Å². The summed E-state index contributed by atoms with van der Waals surface area (Å²) < 4.78 is 7.00. The van der Waals surface area contributed by atoms with Crippen LogP contribution in [0.3, 0.4) is 0 Å². The Morgan fingerprint density at radius 3 is 2.65 bits per heavy atom. The lowest BCUT2D eigenvalue weighted by Gasteiger charge is -2.10. The van der Waals surface area contributed by atoms with E-state index in [0.29, 0.717) is 24.5 Å². The van der Waals surface area contributed by atoms with E-state index >= 15 is 0 Å². The molecule has 5 heteroatoms. The lowest BCUT2D eigenvalue weighted by molar-refractivity contribution is 0.185. The molecule has 0 saturated carbocycles. The van der Waals surface area contributed by atoms with E-state index in [1.54, 1.807) is 24.9 Å². The summed E-state index contributed by atoms with van der Waals surface area (Å²) >= 11 is 1.57. The number of rotatable bonds is 5. The maximum atomic E-state index is 9.18. The molecule has 1 aromatic heterocycles. The van der Waals surface area contributed by atoms with Crippen LogP contribution in [0.5, 0.6) is 0 Å². The second-order valence-corrected chi connectivity index (χ2v) is 5.52. The average molecular weight is 287 g/mol. The number of hydrogen-bond acceptors (Lipinski definition) is 4. The summed E-state index contributed by atoms with van der Waals surface area (Å²) in [7, 11) is 1.64. The monoisotopic (exact) mass is 287 g/mol. The van der Waals surface area contributed by atoms with Crippen molar-refractivity contribution < 1.29 is 4.74 Å². The highest BCUT2D eigenvalue weighted by Gasteiger charge is 2.14. The van der Waals surface area contributed by atoms with Gasteiger partial charge in [0.15, 0.2) is 0 Å². The van der Waals surface area contributed by atoms with Gasteiger partial charge in [0.05, 0.1) is 12.3 Å². The number of nitrogens with zero attached hydrogens (tertiary/aromatic N) is 2. The van der Waals surface area contributed by atoms with E-state index in [4.69, 9.17) is 10.5 Å². The van der Waals surface area contributed by atoms with Gasteiger partial charge in [0, 0.05) is 18.6 Å². The Morgan fingerprint density at radius 1 is 1.35 bits per heavy atom. The zero-order chi connectivity index (χ0) is 14.5. The summed E-state index contributed by atoms with van der Waals surface area (Å²) in [6.45, 7) is 3.22. The van der Waals surface area contributed by atoms with Crippen molar-refractivity contribution in [3.63, 3.8) is 0 Å².